The van der Waals surface area contributed by atoms with E-state index in [-0.39, 0.29) is 0 Å². The molecule has 0 spiro atoms. The second kappa shape index (κ2) is 4.33. The second-order valence-corrected chi connectivity index (χ2v) is 5.81. The van der Waals surface area contributed by atoms with Gasteiger partial charge in [0.2, 0.25) is 0 Å². The molecule has 0 atom stereocenters. The van der Waals surface area contributed by atoms with Gasteiger partial charge < -0.3 is 5.11 Å². The van der Waals surface area contributed by atoms with Crippen LogP contribution in [0.2, 0.25) is 0 Å². The zero-order valence-electron chi connectivity index (χ0n) is 9.54. The molecule has 0 amide bonds. The molecule has 4 nitrogen and oxygen atoms in total. The lowest BCUT2D eigenvalue weighted by molar-refractivity contribution is -0.138. The number of thioether (sulfide) groups is 1. The molecule has 0 fully saturated rings. The summed E-state index contributed by atoms with van der Waals surface area (Å²) in [5, 5.41) is 17.9. The number of hydrogen-bond donors (Lipinski definition) is 1. The molecule has 0 saturated heterocycles. The SMILES string of the molecule is CC(C)(Sc1cnnc2ccccc12)C(=O)O. The van der Waals surface area contributed by atoms with Gasteiger partial charge in [0.05, 0.1) is 11.7 Å². The van der Waals surface area contributed by atoms with Crippen molar-refractivity contribution in [2.75, 3.05) is 0 Å². The Bertz CT molecular complexity index is 564. The number of aliphatic carboxylic acids is 1. The predicted molar refractivity (Wildman–Crippen MR) is 67.1 cm³/mol. The highest BCUT2D eigenvalue weighted by Crippen LogP contribution is 2.35. The van der Waals surface area contributed by atoms with Gasteiger partial charge in [-0.25, -0.2) is 0 Å². The highest BCUT2D eigenvalue weighted by Gasteiger charge is 2.29. The Morgan fingerprint density at radius 3 is 2.76 bits per heavy atom. The van der Waals surface area contributed by atoms with Crippen molar-refractivity contribution in [3.63, 3.8) is 0 Å². The van der Waals surface area contributed by atoms with E-state index in [1.807, 2.05) is 24.3 Å². The Hall–Kier alpha value is -1.62. The summed E-state index contributed by atoms with van der Waals surface area (Å²) in [5.41, 5.74) is 0.777. The van der Waals surface area contributed by atoms with Gasteiger partial charge >= 0.3 is 5.97 Å². The average molecular weight is 248 g/mol. The van der Waals surface area contributed by atoms with Crippen molar-refractivity contribution < 1.29 is 9.90 Å². The third-order valence-electron chi connectivity index (χ3n) is 2.39. The van der Waals surface area contributed by atoms with E-state index in [0.29, 0.717) is 0 Å². The van der Waals surface area contributed by atoms with Crippen LogP contribution in [0, 0.1) is 0 Å². The van der Waals surface area contributed by atoms with Gasteiger partial charge in [-0.3, -0.25) is 4.79 Å². The number of carboxylic acids is 1. The molecule has 0 aliphatic heterocycles. The standard InChI is InChI=1S/C12H12N2O2S/c1-12(2,11(15)16)17-10-7-13-14-9-6-4-3-5-8(9)10/h3-7H,1-2H3,(H,15,16). The Labute approximate surface area is 103 Å². The zero-order chi connectivity index (χ0) is 12.5. The van der Waals surface area contributed by atoms with Crippen molar-refractivity contribution in [2.24, 2.45) is 0 Å². The number of carbonyl (C=O) groups is 1. The third-order valence-corrected chi connectivity index (χ3v) is 3.62. The average Bonchev–Trinajstić information content (AvgIpc) is 2.29. The van der Waals surface area contributed by atoms with E-state index < -0.39 is 10.7 Å². The Morgan fingerprint density at radius 2 is 2.06 bits per heavy atom. The largest absolute Gasteiger partial charge is 0.480 e. The number of hydrogen-bond acceptors (Lipinski definition) is 4. The third kappa shape index (κ3) is 2.39. The summed E-state index contributed by atoms with van der Waals surface area (Å²) < 4.78 is -0.883. The van der Waals surface area contributed by atoms with Crippen molar-refractivity contribution in [3.8, 4) is 0 Å². The van der Waals surface area contributed by atoms with E-state index in [9.17, 15) is 4.79 Å². The Balaban J connectivity index is 2.46. The van der Waals surface area contributed by atoms with Crippen molar-refractivity contribution in [3.05, 3.63) is 30.5 Å². The quantitative estimate of drug-likeness (QED) is 0.846. The molecule has 5 heteroatoms. The monoisotopic (exact) mass is 248 g/mol. The fourth-order valence-electron chi connectivity index (χ4n) is 1.38. The van der Waals surface area contributed by atoms with Crippen LogP contribution in [0.4, 0.5) is 0 Å². The van der Waals surface area contributed by atoms with Crippen LogP contribution in [0.5, 0.6) is 0 Å². The molecule has 88 valence electrons. The fraction of sp³-hybridized carbons (Fsp3) is 0.250. The van der Waals surface area contributed by atoms with Gasteiger partial charge in [-0.05, 0) is 19.9 Å². The topological polar surface area (TPSA) is 63.1 Å². The Kier molecular flexibility index (Phi) is 3.02. The van der Waals surface area contributed by atoms with Crippen molar-refractivity contribution in [1.82, 2.24) is 10.2 Å². The highest BCUT2D eigenvalue weighted by atomic mass is 32.2. The number of aromatic nitrogens is 2. The van der Waals surface area contributed by atoms with E-state index in [1.165, 1.54) is 11.8 Å². The van der Waals surface area contributed by atoms with Crippen LogP contribution < -0.4 is 0 Å². The Morgan fingerprint density at radius 1 is 1.35 bits per heavy atom. The predicted octanol–water partition coefficient (Wildman–Crippen LogP) is 2.59. The lowest BCUT2D eigenvalue weighted by Crippen LogP contribution is -2.26. The molecule has 1 aromatic carbocycles. The molecule has 0 radical (unpaired) electrons. The van der Waals surface area contributed by atoms with Crippen LogP contribution in [-0.2, 0) is 4.79 Å². The normalized spacial score (nSPS) is 11.6. The van der Waals surface area contributed by atoms with E-state index in [1.54, 1.807) is 20.0 Å². The number of fused-ring (bicyclic) bond motifs is 1. The minimum atomic E-state index is -0.883. The van der Waals surface area contributed by atoms with E-state index >= 15 is 0 Å². The first kappa shape index (κ1) is 11.9. The van der Waals surface area contributed by atoms with Gasteiger partial charge in [-0.1, -0.05) is 18.2 Å². The number of carboxylic acid groups (broad SMARTS) is 1. The fourth-order valence-corrected chi connectivity index (χ4v) is 2.40. The molecule has 0 aliphatic carbocycles. The van der Waals surface area contributed by atoms with Crippen LogP contribution in [-0.4, -0.2) is 26.0 Å². The number of benzene rings is 1. The minimum absolute atomic E-state index is 0.777. The molecule has 0 bridgehead atoms. The maximum atomic E-state index is 11.1. The molecule has 2 rings (SSSR count). The zero-order valence-corrected chi connectivity index (χ0v) is 10.4. The molecule has 1 heterocycles. The summed E-state index contributed by atoms with van der Waals surface area (Å²) in [6.07, 6.45) is 1.61. The smallest absolute Gasteiger partial charge is 0.319 e. The summed E-state index contributed by atoms with van der Waals surface area (Å²) in [4.78, 5) is 11.9. The summed E-state index contributed by atoms with van der Waals surface area (Å²) >= 11 is 1.28. The van der Waals surface area contributed by atoms with Crippen LogP contribution in [0.25, 0.3) is 10.9 Å². The first-order valence-electron chi connectivity index (χ1n) is 5.13. The molecule has 0 aliphatic rings. The summed E-state index contributed by atoms with van der Waals surface area (Å²) in [5.74, 6) is -0.844. The van der Waals surface area contributed by atoms with Crippen molar-refractivity contribution in [2.45, 2.75) is 23.5 Å². The van der Waals surface area contributed by atoms with Crippen molar-refractivity contribution >= 4 is 28.6 Å². The van der Waals surface area contributed by atoms with E-state index in [4.69, 9.17) is 5.11 Å². The molecular formula is C12H12N2O2S. The second-order valence-electron chi connectivity index (χ2n) is 4.14. The first-order chi connectivity index (χ1) is 8.00. The lowest BCUT2D eigenvalue weighted by atomic mass is 10.2. The summed E-state index contributed by atoms with van der Waals surface area (Å²) in [6.45, 7) is 3.35. The van der Waals surface area contributed by atoms with Crippen LogP contribution in [0.1, 0.15) is 13.8 Å². The van der Waals surface area contributed by atoms with Gasteiger partial charge in [0.25, 0.3) is 0 Å². The van der Waals surface area contributed by atoms with E-state index in [2.05, 4.69) is 10.2 Å². The molecule has 2 aromatic rings. The van der Waals surface area contributed by atoms with Gasteiger partial charge in [-0.2, -0.15) is 10.2 Å². The molecule has 1 N–H and O–H groups in total. The molecule has 17 heavy (non-hydrogen) atoms. The van der Waals surface area contributed by atoms with Crippen LogP contribution >= 0.6 is 11.8 Å². The molecule has 0 saturated carbocycles. The van der Waals surface area contributed by atoms with Gasteiger partial charge in [-0.15, -0.1) is 11.8 Å². The van der Waals surface area contributed by atoms with Crippen LogP contribution in [0.15, 0.2) is 35.4 Å². The van der Waals surface area contributed by atoms with Crippen molar-refractivity contribution in [1.29, 1.82) is 0 Å². The lowest BCUT2D eigenvalue weighted by Gasteiger charge is -2.18. The molecule has 0 unspecified atom stereocenters. The van der Waals surface area contributed by atoms with Gasteiger partial charge in [0.15, 0.2) is 0 Å². The number of rotatable bonds is 3. The summed E-state index contributed by atoms with van der Waals surface area (Å²) in [7, 11) is 0. The van der Waals surface area contributed by atoms with Gasteiger partial charge in [0.1, 0.15) is 4.75 Å². The first-order valence-corrected chi connectivity index (χ1v) is 5.95. The van der Waals surface area contributed by atoms with Gasteiger partial charge in [0, 0.05) is 10.3 Å². The van der Waals surface area contributed by atoms with E-state index in [0.717, 1.165) is 15.8 Å². The maximum absolute atomic E-state index is 11.1. The maximum Gasteiger partial charge on any atom is 0.319 e. The number of nitrogens with zero attached hydrogens (tertiary/aromatic N) is 2. The molecule has 1 aromatic heterocycles. The minimum Gasteiger partial charge on any atom is -0.480 e. The highest BCUT2D eigenvalue weighted by molar-refractivity contribution is 8.01. The summed E-state index contributed by atoms with van der Waals surface area (Å²) in [6, 6.07) is 7.57. The molecular weight excluding hydrogens is 236 g/mol. The van der Waals surface area contributed by atoms with Crippen LogP contribution in [0.3, 0.4) is 0 Å².